The van der Waals surface area contributed by atoms with Crippen LogP contribution in [0.2, 0.25) is 0 Å². The number of aromatic amines is 1. The summed E-state index contributed by atoms with van der Waals surface area (Å²) in [5, 5.41) is 18.6. The highest BCUT2D eigenvalue weighted by Gasteiger charge is 2.42. The smallest absolute Gasteiger partial charge is 0.273 e. The quantitative estimate of drug-likeness (QED) is 0.208. The Kier molecular flexibility index (Phi) is 7.40. The van der Waals surface area contributed by atoms with Crippen molar-refractivity contribution in [1.29, 1.82) is 0 Å². The highest BCUT2D eigenvalue weighted by molar-refractivity contribution is 6.00. The first-order valence-electron chi connectivity index (χ1n) is 14.0. The van der Waals surface area contributed by atoms with Gasteiger partial charge in [-0.15, -0.1) is 0 Å². The number of nitrogens with one attached hydrogen (secondary N) is 1. The lowest BCUT2D eigenvalue weighted by atomic mass is 9.94. The van der Waals surface area contributed by atoms with E-state index in [9.17, 15) is 9.90 Å². The molecule has 5 aromatic rings. The van der Waals surface area contributed by atoms with Crippen LogP contribution < -0.4 is 9.47 Å². The van der Waals surface area contributed by atoms with Gasteiger partial charge < -0.3 is 19.5 Å². The van der Waals surface area contributed by atoms with E-state index in [0.717, 1.165) is 39.1 Å². The van der Waals surface area contributed by atoms with Gasteiger partial charge in [0.25, 0.3) is 5.91 Å². The van der Waals surface area contributed by atoms with Crippen LogP contribution in [0.4, 0.5) is 0 Å². The van der Waals surface area contributed by atoms with Crippen LogP contribution in [0.3, 0.4) is 0 Å². The number of hydrogen-bond donors (Lipinski definition) is 2. The molecular formula is C35H33N3O4. The second-order valence-electron chi connectivity index (χ2n) is 10.7. The zero-order valence-corrected chi connectivity index (χ0v) is 23.9. The van der Waals surface area contributed by atoms with E-state index in [1.54, 1.807) is 7.11 Å². The van der Waals surface area contributed by atoms with Gasteiger partial charge in [0, 0.05) is 17.7 Å². The molecule has 2 N–H and O–H groups in total. The Morgan fingerprint density at radius 2 is 1.69 bits per heavy atom. The Morgan fingerprint density at radius 3 is 2.45 bits per heavy atom. The van der Waals surface area contributed by atoms with E-state index in [-0.39, 0.29) is 11.7 Å². The first-order chi connectivity index (χ1) is 20.4. The number of aromatic nitrogens is 2. The molecule has 0 saturated carbocycles. The average molecular weight is 560 g/mol. The van der Waals surface area contributed by atoms with Gasteiger partial charge >= 0.3 is 0 Å². The van der Waals surface area contributed by atoms with Gasteiger partial charge in [0.15, 0.2) is 0 Å². The third-order valence-corrected chi connectivity index (χ3v) is 7.79. The molecule has 0 aliphatic carbocycles. The van der Waals surface area contributed by atoms with Gasteiger partial charge in [0.1, 0.15) is 35.2 Å². The van der Waals surface area contributed by atoms with E-state index in [1.807, 2.05) is 110 Å². The molecular weight excluding hydrogens is 526 g/mol. The molecule has 0 bridgehead atoms. The summed E-state index contributed by atoms with van der Waals surface area (Å²) < 4.78 is 11.5. The standard InChI is InChI=1S/C35H33N3O4/c1-22-18-23(2)34(39)29(19-22)31-30-32(37-36-31)35(40)38(17-16-24-12-14-27(41-3)15-13-24)33(30)26-10-7-11-28(20-26)42-21-25-8-5-4-6-9-25/h4-15,18-20,33,39H,16-17,21H2,1-3H3,(H,36,37). The Morgan fingerprint density at radius 1 is 0.905 bits per heavy atom. The van der Waals surface area contributed by atoms with Crippen LogP contribution in [-0.4, -0.2) is 39.8 Å². The van der Waals surface area contributed by atoms with Gasteiger partial charge in [-0.25, -0.2) is 0 Å². The summed E-state index contributed by atoms with van der Waals surface area (Å²) in [4.78, 5) is 15.8. The molecule has 0 saturated heterocycles. The fourth-order valence-electron chi connectivity index (χ4n) is 5.68. The first kappa shape index (κ1) is 27.1. The largest absolute Gasteiger partial charge is 0.507 e. The van der Waals surface area contributed by atoms with E-state index in [4.69, 9.17) is 9.47 Å². The number of carbonyl (C=O) groups is 1. The fraction of sp³-hybridized carbons (Fsp3) is 0.200. The first-order valence-corrected chi connectivity index (χ1v) is 14.0. The number of H-pyrrole nitrogens is 1. The van der Waals surface area contributed by atoms with Gasteiger partial charge in [-0.05, 0) is 78.4 Å². The highest BCUT2D eigenvalue weighted by atomic mass is 16.5. The van der Waals surface area contributed by atoms with Crippen molar-refractivity contribution < 1.29 is 19.4 Å². The van der Waals surface area contributed by atoms with Gasteiger partial charge in [0.05, 0.1) is 13.2 Å². The van der Waals surface area contributed by atoms with Gasteiger partial charge in [-0.3, -0.25) is 9.89 Å². The molecule has 7 nitrogen and oxygen atoms in total. The summed E-state index contributed by atoms with van der Waals surface area (Å²) in [6.45, 7) is 4.79. The fourth-order valence-corrected chi connectivity index (χ4v) is 5.68. The molecule has 0 radical (unpaired) electrons. The van der Waals surface area contributed by atoms with E-state index < -0.39 is 6.04 Å². The molecule has 1 aromatic heterocycles. The average Bonchev–Trinajstić information content (AvgIpc) is 3.56. The minimum absolute atomic E-state index is 0.123. The van der Waals surface area contributed by atoms with E-state index in [1.165, 1.54) is 0 Å². The zero-order valence-electron chi connectivity index (χ0n) is 23.9. The number of phenols is 1. The van der Waals surface area contributed by atoms with Crippen LogP contribution in [0.25, 0.3) is 11.3 Å². The molecule has 1 aliphatic heterocycles. The van der Waals surface area contributed by atoms with Gasteiger partial charge in [-0.2, -0.15) is 5.10 Å². The number of carbonyl (C=O) groups excluding carboxylic acids is 1. The molecule has 7 heteroatoms. The molecule has 1 unspecified atom stereocenters. The number of rotatable bonds is 9. The normalized spacial score (nSPS) is 14.2. The van der Waals surface area contributed by atoms with Crippen LogP contribution >= 0.6 is 0 Å². The van der Waals surface area contributed by atoms with E-state index in [2.05, 4.69) is 10.2 Å². The molecule has 42 heavy (non-hydrogen) atoms. The Hall–Kier alpha value is -5.04. The Labute approximate surface area is 245 Å². The lowest BCUT2D eigenvalue weighted by molar-refractivity contribution is 0.0745. The number of methoxy groups -OCH3 is 1. The zero-order chi connectivity index (χ0) is 29.2. The van der Waals surface area contributed by atoms with Crippen molar-refractivity contribution >= 4 is 5.91 Å². The van der Waals surface area contributed by atoms with Crippen molar-refractivity contribution in [3.63, 3.8) is 0 Å². The third kappa shape index (κ3) is 5.21. The van der Waals surface area contributed by atoms with Crippen molar-refractivity contribution in [3.05, 3.63) is 130 Å². The topological polar surface area (TPSA) is 87.7 Å². The predicted molar refractivity (Wildman–Crippen MR) is 162 cm³/mol. The van der Waals surface area contributed by atoms with Crippen molar-refractivity contribution in [2.24, 2.45) is 0 Å². The maximum Gasteiger partial charge on any atom is 0.273 e. The van der Waals surface area contributed by atoms with Crippen molar-refractivity contribution in [1.82, 2.24) is 15.1 Å². The molecule has 1 aliphatic rings. The summed E-state index contributed by atoms with van der Waals surface area (Å²) in [5.74, 6) is 1.55. The SMILES string of the molecule is COc1ccc(CCN2C(=O)c3[nH]nc(-c4cc(C)cc(C)c4O)c3C2c2cccc(OCc3ccccc3)c2)cc1. The molecule has 2 heterocycles. The minimum atomic E-state index is -0.417. The second kappa shape index (κ2) is 11.4. The number of nitrogens with zero attached hydrogens (tertiary/aromatic N) is 2. The number of phenolic OH excluding ortho intramolecular Hbond substituents is 1. The molecule has 0 spiro atoms. The second-order valence-corrected chi connectivity index (χ2v) is 10.7. The molecule has 0 fully saturated rings. The number of hydrogen-bond acceptors (Lipinski definition) is 5. The van der Waals surface area contributed by atoms with Crippen LogP contribution in [-0.2, 0) is 13.0 Å². The van der Waals surface area contributed by atoms with Crippen LogP contribution in [0.15, 0.2) is 91.0 Å². The summed E-state index contributed by atoms with van der Waals surface area (Å²) >= 11 is 0. The number of fused-ring (bicyclic) bond motifs is 1. The number of amides is 1. The van der Waals surface area contributed by atoms with Crippen LogP contribution in [0, 0.1) is 13.8 Å². The highest BCUT2D eigenvalue weighted by Crippen LogP contribution is 2.45. The summed E-state index contributed by atoms with van der Waals surface area (Å²) in [6.07, 6.45) is 0.665. The van der Waals surface area contributed by atoms with E-state index >= 15 is 0 Å². The van der Waals surface area contributed by atoms with Gasteiger partial charge in [-0.1, -0.05) is 60.7 Å². The molecule has 6 rings (SSSR count). The minimum Gasteiger partial charge on any atom is -0.507 e. The lowest BCUT2D eigenvalue weighted by Crippen LogP contribution is -2.31. The Balaban J connectivity index is 1.39. The summed E-state index contributed by atoms with van der Waals surface area (Å²) in [7, 11) is 1.65. The Bertz CT molecular complexity index is 1730. The number of ether oxygens (including phenoxy) is 2. The third-order valence-electron chi connectivity index (χ3n) is 7.79. The number of aryl methyl sites for hydroxylation is 2. The summed E-state index contributed by atoms with van der Waals surface area (Å²) in [5.41, 5.74) is 7.24. The molecule has 4 aromatic carbocycles. The predicted octanol–water partition coefficient (Wildman–Crippen LogP) is 6.77. The maximum atomic E-state index is 13.9. The van der Waals surface area contributed by atoms with Crippen molar-refractivity contribution in [3.8, 4) is 28.5 Å². The van der Waals surface area contributed by atoms with Gasteiger partial charge in [0.2, 0.25) is 0 Å². The molecule has 212 valence electrons. The number of aromatic hydroxyl groups is 1. The van der Waals surface area contributed by atoms with Crippen LogP contribution in [0.5, 0.6) is 17.2 Å². The van der Waals surface area contributed by atoms with E-state index in [0.29, 0.717) is 42.3 Å². The molecule has 1 amide bonds. The maximum absolute atomic E-state index is 13.9. The lowest BCUT2D eigenvalue weighted by Gasteiger charge is -2.27. The summed E-state index contributed by atoms with van der Waals surface area (Å²) in [6, 6.07) is 29.2. The molecule has 1 atom stereocenters. The van der Waals surface area contributed by atoms with Crippen molar-refractivity contribution in [2.45, 2.75) is 32.9 Å². The van der Waals surface area contributed by atoms with Crippen LogP contribution in [0.1, 0.15) is 49.9 Å². The number of benzene rings is 4. The van der Waals surface area contributed by atoms with Crippen molar-refractivity contribution in [2.75, 3.05) is 13.7 Å². The monoisotopic (exact) mass is 559 g/mol.